The number of halogens is 2. The first-order chi connectivity index (χ1) is 11.7. The van der Waals surface area contributed by atoms with Crippen LogP contribution in [0.4, 0.5) is 8.78 Å². The van der Waals surface area contributed by atoms with Gasteiger partial charge in [-0.1, -0.05) is 19.1 Å². The third kappa shape index (κ3) is 3.97. The molecular formula is C16H20F2N2O4S. The van der Waals surface area contributed by atoms with Crippen LogP contribution in [0.5, 0.6) is 0 Å². The Morgan fingerprint density at radius 1 is 1.28 bits per heavy atom. The van der Waals surface area contributed by atoms with Gasteiger partial charge >= 0.3 is 12.5 Å². The number of nitrogens with zero attached hydrogens (tertiary/aromatic N) is 2. The third-order valence-corrected chi connectivity index (χ3v) is 6.08. The molecule has 0 spiro atoms. The van der Waals surface area contributed by atoms with Crippen LogP contribution in [0.2, 0.25) is 0 Å². The smallest absolute Gasteiger partial charge is 0.324 e. The lowest BCUT2D eigenvalue weighted by Gasteiger charge is -2.18. The van der Waals surface area contributed by atoms with Crippen molar-refractivity contribution in [1.29, 1.82) is 0 Å². The molecule has 0 saturated heterocycles. The minimum absolute atomic E-state index is 0.135. The highest BCUT2D eigenvalue weighted by atomic mass is 32.2. The van der Waals surface area contributed by atoms with Crippen molar-refractivity contribution in [3.05, 3.63) is 30.1 Å². The van der Waals surface area contributed by atoms with Crippen LogP contribution in [-0.2, 0) is 19.4 Å². The molecule has 2 atom stereocenters. The number of carbonyl (C=O) groups is 1. The summed E-state index contributed by atoms with van der Waals surface area (Å²) >= 11 is 0. The monoisotopic (exact) mass is 374 g/mol. The maximum Gasteiger partial charge on any atom is 0.324 e. The van der Waals surface area contributed by atoms with Crippen LogP contribution >= 0.6 is 0 Å². The molecule has 25 heavy (non-hydrogen) atoms. The molecule has 6 nitrogen and oxygen atoms in total. The minimum Gasteiger partial charge on any atom is -0.454 e. The van der Waals surface area contributed by atoms with E-state index in [0.717, 1.165) is 0 Å². The molecule has 1 aromatic carbocycles. The molecule has 0 bridgehead atoms. The summed E-state index contributed by atoms with van der Waals surface area (Å²) in [6.07, 6.45) is -0.746. The van der Waals surface area contributed by atoms with Crippen LogP contribution < -0.4 is 0 Å². The van der Waals surface area contributed by atoms with Gasteiger partial charge in [-0.15, -0.1) is 0 Å². The van der Waals surface area contributed by atoms with Gasteiger partial charge < -0.3 is 4.74 Å². The fourth-order valence-corrected chi connectivity index (χ4v) is 3.76. The summed E-state index contributed by atoms with van der Waals surface area (Å²) in [5.41, 5.74) is 0.550. The summed E-state index contributed by atoms with van der Waals surface area (Å²) in [4.78, 5) is 16.2. The zero-order chi connectivity index (χ0) is 18.8. The van der Waals surface area contributed by atoms with E-state index in [0.29, 0.717) is 16.5 Å². The summed E-state index contributed by atoms with van der Waals surface area (Å²) in [5.74, 6) is -1.26. The summed E-state index contributed by atoms with van der Waals surface area (Å²) in [6, 6.07) is 6.31. The van der Waals surface area contributed by atoms with Crippen molar-refractivity contribution in [1.82, 2.24) is 9.55 Å². The Balaban J connectivity index is 2.29. The zero-order valence-electron chi connectivity index (χ0n) is 14.1. The van der Waals surface area contributed by atoms with Crippen LogP contribution in [-0.4, -0.2) is 34.9 Å². The number of hydrogen-bond acceptors (Lipinski definition) is 5. The normalized spacial score (nSPS) is 14.6. The summed E-state index contributed by atoms with van der Waals surface area (Å²) in [5, 5.41) is -1.36. The molecule has 2 rings (SSSR count). The quantitative estimate of drug-likeness (QED) is 0.695. The molecule has 0 aliphatic carbocycles. The molecule has 0 aliphatic heterocycles. The number of aromatic nitrogens is 2. The predicted molar refractivity (Wildman–Crippen MR) is 89.0 cm³/mol. The lowest BCUT2D eigenvalue weighted by molar-refractivity contribution is -0.148. The number of alkyl halides is 2. The second-order valence-electron chi connectivity index (χ2n) is 5.69. The Labute approximate surface area is 144 Å². The number of benzene rings is 1. The van der Waals surface area contributed by atoms with E-state index in [1.807, 2.05) is 0 Å². The van der Waals surface area contributed by atoms with E-state index in [1.165, 1.54) is 19.9 Å². The lowest BCUT2D eigenvalue weighted by Crippen LogP contribution is -2.32. The van der Waals surface area contributed by atoms with Gasteiger partial charge in [0, 0.05) is 0 Å². The summed E-state index contributed by atoms with van der Waals surface area (Å²) < 4.78 is 56.6. The fourth-order valence-electron chi connectivity index (χ4n) is 2.49. The average Bonchev–Trinajstić information content (AvgIpc) is 2.93. The average molecular weight is 374 g/mol. The first-order valence-corrected chi connectivity index (χ1v) is 9.57. The number of esters is 1. The number of imidazole rings is 1. The molecule has 1 heterocycles. The highest BCUT2D eigenvalue weighted by Crippen LogP contribution is 2.28. The van der Waals surface area contributed by atoms with Crippen LogP contribution in [0.3, 0.4) is 0 Å². The largest absolute Gasteiger partial charge is 0.454 e. The molecule has 2 aromatic rings. The number of rotatable bonds is 7. The van der Waals surface area contributed by atoms with Crippen LogP contribution in [0.15, 0.2) is 24.3 Å². The molecule has 9 heteroatoms. The van der Waals surface area contributed by atoms with Gasteiger partial charge in [-0.2, -0.15) is 8.78 Å². The minimum atomic E-state index is -3.64. The zero-order valence-corrected chi connectivity index (χ0v) is 15.0. The first kappa shape index (κ1) is 19.3. The summed E-state index contributed by atoms with van der Waals surface area (Å²) in [6.45, 7) is 1.43. The topological polar surface area (TPSA) is 78.3 Å². The number of para-hydroxylation sites is 2. The molecule has 1 aromatic heterocycles. The van der Waals surface area contributed by atoms with Gasteiger partial charge in [0.15, 0.2) is 27.0 Å². The van der Waals surface area contributed by atoms with Gasteiger partial charge in [0.25, 0.3) is 0 Å². The molecule has 0 saturated carbocycles. The van der Waals surface area contributed by atoms with E-state index in [2.05, 4.69) is 4.98 Å². The second-order valence-corrected chi connectivity index (χ2v) is 8.14. The van der Waals surface area contributed by atoms with E-state index in [4.69, 9.17) is 4.74 Å². The molecule has 0 fully saturated rings. The van der Waals surface area contributed by atoms with E-state index < -0.39 is 33.7 Å². The van der Waals surface area contributed by atoms with Gasteiger partial charge in [-0.05, 0) is 32.4 Å². The van der Waals surface area contributed by atoms with Gasteiger partial charge in [0.1, 0.15) is 0 Å². The number of ether oxygens (including phenoxy) is 1. The van der Waals surface area contributed by atoms with Gasteiger partial charge in [0.05, 0.1) is 16.8 Å². The van der Waals surface area contributed by atoms with Crippen molar-refractivity contribution >= 4 is 26.8 Å². The van der Waals surface area contributed by atoms with Gasteiger partial charge in [-0.3, -0.25) is 9.36 Å². The third-order valence-electron chi connectivity index (χ3n) is 3.83. The Morgan fingerprint density at radius 2 is 1.92 bits per heavy atom. The van der Waals surface area contributed by atoms with Crippen LogP contribution in [0, 0.1) is 0 Å². The standard InChI is InChI=1S/C16H20F2N2O4S/c1-4-9-25(22,23)11(3)15(21)24-10(2)14-19-12-7-5-6-8-13(12)20(14)16(17)18/h5-8,10-11,16H,4,9H2,1-3H3. The van der Waals surface area contributed by atoms with Gasteiger partial charge in [0.2, 0.25) is 0 Å². The van der Waals surface area contributed by atoms with Crippen molar-refractivity contribution in [2.75, 3.05) is 5.75 Å². The van der Waals surface area contributed by atoms with Crippen molar-refractivity contribution < 1.29 is 26.7 Å². The highest BCUT2D eigenvalue weighted by molar-refractivity contribution is 7.92. The highest BCUT2D eigenvalue weighted by Gasteiger charge is 2.31. The molecule has 0 aliphatic rings. The first-order valence-electron chi connectivity index (χ1n) is 7.86. The van der Waals surface area contributed by atoms with Crippen LogP contribution in [0.1, 0.15) is 45.7 Å². The fraction of sp³-hybridized carbons (Fsp3) is 0.500. The number of sulfone groups is 1. The van der Waals surface area contributed by atoms with Crippen molar-refractivity contribution in [2.24, 2.45) is 0 Å². The Hall–Kier alpha value is -2.03. The number of hydrogen-bond donors (Lipinski definition) is 0. The van der Waals surface area contributed by atoms with E-state index in [1.54, 1.807) is 25.1 Å². The molecule has 0 radical (unpaired) electrons. The van der Waals surface area contributed by atoms with E-state index >= 15 is 0 Å². The lowest BCUT2D eigenvalue weighted by atomic mass is 10.3. The van der Waals surface area contributed by atoms with E-state index in [-0.39, 0.29) is 17.1 Å². The van der Waals surface area contributed by atoms with E-state index in [9.17, 15) is 22.0 Å². The Bertz CT molecular complexity index is 864. The van der Waals surface area contributed by atoms with Crippen molar-refractivity contribution in [3.8, 4) is 0 Å². The second kappa shape index (κ2) is 7.47. The Morgan fingerprint density at radius 3 is 2.52 bits per heavy atom. The molecule has 138 valence electrons. The molecule has 0 N–H and O–H groups in total. The predicted octanol–water partition coefficient (Wildman–Crippen LogP) is 3.25. The van der Waals surface area contributed by atoms with Crippen molar-refractivity contribution in [2.45, 2.75) is 45.1 Å². The van der Waals surface area contributed by atoms with Crippen LogP contribution in [0.25, 0.3) is 11.0 Å². The molecule has 0 amide bonds. The molecule has 2 unspecified atom stereocenters. The number of fused-ring (bicyclic) bond motifs is 1. The SMILES string of the molecule is CCCS(=O)(=O)C(C)C(=O)OC(C)c1nc2ccccc2n1C(F)F. The van der Waals surface area contributed by atoms with Crippen molar-refractivity contribution in [3.63, 3.8) is 0 Å². The Kier molecular flexibility index (Phi) is 5.76. The maximum atomic E-state index is 13.4. The van der Waals surface area contributed by atoms with Gasteiger partial charge in [-0.25, -0.2) is 13.4 Å². The number of carbonyl (C=O) groups excluding carboxylic acids is 1. The molecular weight excluding hydrogens is 354 g/mol. The maximum absolute atomic E-state index is 13.4. The summed E-state index contributed by atoms with van der Waals surface area (Å²) in [7, 11) is -3.64.